The van der Waals surface area contributed by atoms with E-state index in [9.17, 15) is 18.3 Å². The maximum Gasteiger partial charge on any atom is 0.339 e. The van der Waals surface area contributed by atoms with Gasteiger partial charge in [0.05, 0.1) is 11.9 Å². The molecule has 1 aliphatic heterocycles. The average molecular weight is 473 g/mol. The van der Waals surface area contributed by atoms with Crippen LogP contribution in [0.3, 0.4) is 0 Å². The van der Waals surface area contributed by atoms with Crippen molar-refractivity contribution in [2.24, 2.45) is 0 Å². The van der Waals surface area contributed by atoms with Gasteiger partial charge in [0.25, 0.3) is 10.0 Å². The predicted octanol–water partition coefficient (Wildman–Crippen LogP) is 3.67. The minimum Gasteiger partial charge on any atom is -0.478 e. The molecule has 0 saturated carbocycles. The number of aromatic nitrogens is 1. The number of nitrogens with one attached hydrogen (secondary N) is 1. The van der Waals surface area contributed by atoms with Gasteiger partial charge in [-0.15, -0.1) is 11.3 Å². The second-order valence-electron chi connectivity index (χ2n) is 7.77. The molecule has 32 heavy (non-hydrogen) atoms. The molecule has 1 aliphatic rings. The van der Waals surface area contributed by atoms with E-state index < -0.39 is 16.0 Å². The summed E-state index contributed by atoms with van der Waals surface area (Å²) in [5, 5.41) is 11.4. The van der Waals surface area contributed by atoms with Crippen molar-refractivity contribution in [1.82, 2.24) is 4.98 Å². The van der Waals surface area contributed by atoms with Crippen LogP contribution in [0.25, 0.3) is 0 Å². The molecule has 0 aliphatic carbocycles. The lowest BCUT2D eigenvalue weighted by atomic mass is 10.1. The zero-order valence-corrected chi connectivity index (χ0v) is 19.4. The monoisotopic (exact) mass is 472 g/mol. The summed E-state index contributed by atoms with van der Waals surface area (Å²) in [7, 11) is -3.79. The summed E-state index contributed by atoms with van der Waals surface area (Å²) in [6.45, 7) is 6.08. The highest BCUT2D eigenvalue weighted by Gasteiger charge is 2.28. The van der Waals surface area contributed by atoms with Crippen LogP contribution in [0.5, 0.6) is 0 Å². The van der Waals surface area contributed by atoms with E-state index >= 15 is 0 Å². The zero-order valence-electron chi connectivity index (χ0n) is 17.7. The topological polar surface area (TPSA) is 103 Å². The number of aryl methyl sites for hydroxylation is 1. The first-order valence-corrected chi connectivity index (χ1v) is 12.5. The maximum atomic E-state index is 12.5. The second-order valence-corrected chi connectivity index (χ2v) is 10.6. The lowest BCUT2D eigenvalue weighted by Gasteiger charge is -2.42. The van der Waals surface area contributed by atoms with E-state index in [0.717, 1.165) is 23.6 Å². The molecular weight excluding hydrogens is 448 g/mol. The Morgan fingerprint density at radius 1 is 1.22 bits per heavy atom. The van der Waals surface area contributed by atoms with Gasteiger partial charge in [0.15, 0.2) is 0 Å². The van der Waals surface area contributed by atoms with Crippen molar-refractivity contribution < 1.29 is 18.3 Å². The number of hydrogen-bond donors (Lipinski definition) is 2. The number of carbonyl (C=O) groups is 1. The molecule has 3 heterocycles. The fourth-order valence-corrected chi connectivity index (χ4v) is 5.91. The van der Waals surface area contributed by atoms with Gasteiger partial charge >= 0.3 is 5.97 Å². The first kappa shape index (κ1) is 22.1. The Labute approximate surface area is 191 Å². The highest BCUT2D eigenvalue weighted by Crippen LogP contribution is 2.28. The predicted molar refractivity (Wildman–Crippen MR) is 127 cm³/mol. The van der Waals surface area contributed by atoms with Crippen LogP contribution in [0.15, 0.2) is 58.3 Å². The number of thiophene rings is 1. The van der Waals surface area contributed by atoms with Crippen molar-refractivity contribution in [1.29, 1.82) is 0 Å². The number of rotatable bonds is 6. The number of carboxylic acids is 1. The van der Waals surface area contributed by atoms with Gasteiger partial charge in [0.2, 0.25) is 0 Å². The number of nitrogens with zero attached hydrogens (tertiary/aromatic N) is 3. The van der Waals surface area contributed by atoms with Crippen LogP contribution in [-0.2, 0) is 10.0 Å². The van der Waals surface area contributed by atoms with Crippen LogP contribution < -0.4 is 14.5 Å². The van der Waals surface area contributed by atoms with Gasteiger partial charge in [-0.05, 0) is 49.1 Å². The minimum absolute atomic E-state index is 0.0346. The van der Waals surface area contributed by atoms with Crippen molar-refractivity contribution in [3.8, 4) is 0 Å². The standard InChI is InChI=1S/C22H24N4O4S2/c1-15-5-3-6-18(11-15)26-9-8-25(14-16(26)2)21-19(22(27)28)12-17(13-23-21)24-32(29,30)20-7-4-10-31-20/h3-7,10-13,16,24H,8-9,14H2,1-2H3,(H,27,28). The van der Waals surface area contributed by atoms with E-state index in [4.69, 9.17) is 0 Å². The smallest absolute Gasteiger partial charge is 0.339 e. The lowest BCUT2D eigenvalue weighted by Crippen LogP contribution is -2.52. The van der Waals surface area contributed by atoms with Crippen molar-refractivity contribution in [3.63, 3.8) is 0 Å². The molecule has 0 amide bonds. The molecule has 4 rings (SSSR count). The SMILES string of the molecule is Cc1cccc(N2CCN(c3ncc(NS(=O)(=O)c4cccs4)cc3C(=O)O)CC2C)c1. The van der Waals surface area contributed by atoms with Crippen LogP contribution in [0, 0.1) is 6.92 Å². The zero-order chi connectivity index (χ0) is 22.9. The van der Waals surface area contributed by atoms with E-state index in [1.54, 1.807) is 11.4 Å². The fourth-order valence-electron chi connectivity index (χ4n) is 3.88. The Bertz CT molecular complexity index is 1230. The minimum atomic E-state index is -3.79. The third-order valence-corrected chi connectivity index (χ3v) is 8.15. The Balaban J connectivity index is 1.56. The Morgan fingerprint density at radius 3 is 2.69 bits per heavy atom. The third-order valence-electron chi connectivity index (χ3n) is 5.37. The molecule has 3 aromatic rings. The van der Waals surface area contributed by atoms with E-state index in [1.807, 2.05) is 11.0 Å². The molecule has 0 bridgehead atoms. The summed E-state index contributed by atoms with van der Waals surface area (Å²) in [5.74, 6) is -0.814. The van der Waals surface area contributed by atoms with E-state index in [2.05, 4.69) is 46.7 Å². The van der Waals surface area contributed by atoms with Crippen LogP contribution in [0.2, 0.25) is 0 Å². The van der Waals surface area contributed by atoms with E-state index in [0.29, 0.717) is 18.9 Å². The molecule has 2 aromatic heterocycles. The van der Waals surface area contributed by atoms with Gasteiger partial charge in [-0.25, -0.2) is 18.2 Å². The highest BCUT2D eigenvalue weighted by molar-refractivity contribution is 7.94. The van der Waals surface area contributed by atoms with E-state index in [-0.39, 0.29) is 21.5 Å². The third kappa shape index (κ3) is 4.56. The molecular formula is C22H24N4O4S2. The van der Waals surface area contributed by atoms with Crippen LogP contribution in [-0.4, -0.2) is 50.2 Å². The molecule has 2 N–H and O–H groups in total. The number of piperazine rings is 1. The largest absolute Gasteiger partial charge is 0.478 e. The summed E-state index contributed by atoms with van der Waals surface area (Å²) in [5.41, 5.74) is 2.41. The molecule has 1 aromatic carbocycles. The second kappa shape index (κ2) is 8.79. The van der Waals surface area contributed by atoms with E-state index in [1.165, 1.54) is 23.9 Å². The summed E-state index contributed by atoms with van der Waals surface area (Å²) >= 11 is 1.08. The average Bonchev–Trinajstić information content (AvgIpc) is 3.29. The number of hydrogen-bond acceptors (Lipinski definition) is 7. The quantitative estimate of drug-likeness (QED) is 0.564. The van der Waals surface area contributed by atoms with Gasteiger partial charge < -0.3 is 14.9 Å². The number of aromatic carboxylic acids is 1. The Hall–Kier alpha value is -3.11. The van der Waals surface area contributed by atoms with Crippen molar-refractivity contribution >= 4 is 44.5 Å². The number of pyridine rings is 1. The van der Waals surface area contributed by atoms with Crippen LogP contribution in [0.4, 0.5) is 17.2 Å². The summed E-state index contributed by atoms with van der Waals surface area (Å²) < 4.78 is 27.5. The Kier molecular flexibility index (Phi) is 6.07. The highest BCUT2D eigenvalue weighted by atomic mass is 32.2. The molecule has 1 atom stereocenters. The molecule has 8 nitrogen and oxygen atoms in total. The number of benzene rings is 1. The number of sulfonamides is 1. The van der Waals surface area contributed by atoms with Crippen LogP contribution in [0.1, 0.15) is 22.8 Å². The molecule has 1 unspecified atom stereocenters. The van der Waals surface area contributed by atoms with Gasteiger partial charge in [0.1, 0.15) is 15.6 Å². The fraction of sp³-hybridized carbons (Fsp3) is 0.273. The molecule has 1 fully saturated rings. The van der Waals surface area contributed by atoms with Gasteiger partial charge in [-0.1, -0.05) is 18.2 Å². The number of anilines is 3. The molecule has 10 heteroatoms. The summed E-state index contributed by atoms with van der Waals surface area (Å²) in [6.07, 6.45) is 1.37. The van der Waals surface area contributed by atoms with Crippen LogP contribution >= 0.6 is 11.3 Å². The maximum absolute atomic E-state index is 12.5. The first-order valence-electron chi connectivity index (χ1n) is 10.1. The molecule has 1 saturated heterocycles. The summed E-state index contributed by atoms with van der Waals surface area (Å²) in [6, 6.07) is 12.9. The van der Waals surface area contributed by atoms with Gasteiger partial charge in [-0.3, -0.25) is 4.72 Å². The summed E-state index contributed by atoms with van der Waals surface area (Å²) in [4.78, 5) is 20.5. The lowest BCUT2D eigenvalue weighted by molar-refractivity contribution is 0.0697. The first-order chi connectivity index (χ1) is 15.2. The molecule has 0 spiro atoms. The normalized spacial score (nSPS) is 16.8. The molecule has 168 valence electrons. The van der Waals surface area contributed by atoms with Crippen molar-refractivity contribution in [3.05, 3.63) is 65.2 Å². The van der Waals surface area contributed by atoms with Crippen molar-refractivity contribution in [2.45, 2.75) is 24.1 Å². The molecule has 0 radical (unpaired) electrons. The van der Waals surface area contributed by atoms with Gasteiger partial charge in [0, 0.05) is 31.4 Å². The number of carboxylic acid groups (broad SMARTS) is 1. The van der Waals surface area contributed by atoms with Crippen molar-refractivity contribution in [2.75, 3.05) is 34.2 Å². The Morgan fingerprint density at radius 2 is 2.03 bits per heavy atom. The van der Waals surface area contributed by atoms with Gasteiger partial charge in [-0.2, -0.15) is 0 Å².